The maximum absolute atomic E-state index is 12.8. The van der Waals surface area contributed by atoms with Crippen LogP contribution in [0.2, 0.25) is 0 Å². The molecule has 1 heterocycles. The molecule has 25 heavy (non-hydrogen) atoms. The van der Waals surface area contributed by atoms with E-state index in [1.807, 2.05) is 18.9 Å². The molecule has 0 N–H and O–H groups in total. The van der Waals surface area contributed by atoms with Crippen LogP contribution < -0.4 is 0 Å². The fraction of sp³-hybridized carbons (Fsp3) is 0.500. The van der Waals surface area contributed by atoms with Gasteiger partial charge >= 0.3 is 0 Å². The lowest BCUT2D eigenvalue weighted by molar-refractivity contribution is 0.0783. The lowest BCUT2D eigenvalue weighted by Crippen LogP contribution is -2.36. The molecule has 1 amide bonds. The van der Waals surface area contributed by atoms with Crippen molar-refractivity contribution in [2.75, 3.05) is 33.2 Å². The van der Waals surface area contributed by atoms with E-state index in [-0.39, 0.29) is 5.91 Å². The average molecular weight is 360 g/mol. The van der Waals surface area contributed by atoms with Crippen molar-refractivity contribution in [3.8, 4) is 10.6 Å². The van der Waals surface area contributed by atoms with E-state index >= 15 is 0 Å². The normalized spacial score (nSPS) is 11.2. The van der Waals surface area contributed by atoms with Crippen molar-refractivity contribution < 1.29 is 4.79 Å². The number of hydrogen-bond donors (Lipinski definition) is 0. The molecule has 0 unspecified atom stereocenters. The molecule has 0 aliphatic heterocycles. The molecule has 0 fully saturated rings. The molecule has 0 bridgehead atoms. The summed E-state index contributed by atoms with van der Waals surface area (Å²) in [4.78, 5) is 22.4. The second-order valence-corrected chi connectivity index (χ2v) is 7.50. The summed E-state index contributed by atoms with van der Waals surface area (Å²) in [5, 5.41) is 0.930. The van der Waals surface area contributed by atoms with Gasteiger partial charge in [-0.1, -0.05) is 31.5 Å². The molecule has 0 aliphatic carbocycles. The van der Waals surface area contributed by atoms with E-state index in [4.69, 9.17) is 0 Å². The lowest BCUT2D eigenvalue weighted by atomic mass is 10.1. The third-order valence-corrected chi connectivity index (χ3v) is 5.79. The van der Waals surface area contributed by atoms with Crippen LogP contribution in [0.4, 0.5) is 0 Å². The number of hydrogen-bond acceptors (Lipinski definition) is 4. The van der Waals surface area contributed by atoms with Gasteiger partial charge < -0.3 is 9.80 Å². The molecule has 1 aromatic heterocycles. The van der Waals surface area contributed by atoms with Gasteiger partial charge in [-0.3, -0.25) is 4.79 Å². The fourth-order valence-corrected chi connectivity index (χ4v) is 3.92. The topological polar surface area (TPSA) is 36.4 Å². The second kappa shape index (κ2) is 8.59. The number of amides is 1. The number of likely N-dealkylation sites (N-methyl/N-ethyl adjacent to an activating group) is 2. The fourth-order valence-electron chi connectivity index (χ4n) is 2.78. The summed E-state index contributed by atoms with van der Waals surface area (Å²) in [7, 11) is 1.88. The van der Waals surface area contributed by atoms with E-state index < -0.39 is 0 Å². The molecule has 1 aromatic carbocycles. The third kappa shape index (κ3) is 4.67. The summed E-state index contributed by atoms with van der Waals surface area (Å²) < 4.78 is 0. The van der Waals surface area contributed by atoms with Crippen molar-refractivity contribution in [3.63, 3.8) is 0 Å². The first-order valence-corrected chi connectivity index (χ1v) is 9.71. The highest BCUT2D eigenvalue weighted by Gasteiger charge is 2.20. The molecule has 4 nitrogen and oxygen atoms in total. The quantitative estimate of drug-likeness (QED) is 0.745. The zero-order valence-corrected chi connectivity index (χ0v) is 17.0. The molecule has 0 atom stereocenters. The number of thiazole rings is 1. The first-order valence-electron chi connectivity index (χ1n) is 8.90. The zero-order valence-electron chi connectivity index (χ0n) is 16.2. The first kappa shape index (κ1) is 19.6. The second-order valence-electron chi connectivity index (χ2n) is 6.51. The third-order valence-electron chi connectivity index (χ3n) is 4.61. The number of nitrogens with zero attached hydrogens (tertiary/aromatic N) is 3. The van der Waals surface area contributed by atoms with E-state index in [1.165, 1.54) is 22.5 Å². The SMILES string of the molecule is CCN(CC)CCN(C)C(=O)c1sc(-c2cc(C)ccc2C)nc1C. The van der Waals surface area contributed by atoms with Crippen LogP contribution in [-0.2, 0) is 0 Å². The summed E-state index contributed by atoms with van der Waals surface area (Å²) in [6.45, 7) is 14.0. The van der Waals surface area contributed by atoms with Crippen LogP contribution in [-0.4, -0.2) is 53.9 Å². The Bertz CT molecular complexity index is 735. The van der Waals surface area contributed by atoms with Crippen LogP contribution in [0.15, 0.2) is 18.2 Å². The zero-order chi connectivity index (χ0) is 18.6. The van der Waals surface area contributed by atoms with Gasteiger partial charge in [0.2, 0.25) is 0 Å². The number of aromatic nitrogens is 1. The standard InChI is InChI=1S/C20H29N3OS/c1-7-23(8-2)12-11-22(6)20(24)18-16(5)21-19(25-18)17-13-14(3)9-10-15(17)4/h9-10,13H,7-8,11-12H2,1-6H3. The van der Waals surface area contributed by atoms with Gasteiger partial charge in [-0.25, -0.2) is 4.98 Å². The predicted molar refractivity (Wildman–Crippen MR) is 107 cm³/mol. The molecule has 136 valence electrons. The van der Waals surface area contributed by atoms with Crippen LogP contribution in [0.1, 0.15) is 40.3 Å². The van der Waals surface area contributed by atoms with Crippen molar-refractivity contribution >= 4 is 17.2 Å². The highest BCUT2D eigenvalue weighted by atomic mass is 32.1. The summed E-state index contributed by atoms with van der Waals surface area (Å²) in [5.41, 5.74) is 4.34. The van der Waals surface area contributed by atoms with Crippen LogP contribution in [0, 0.1) is 20.8 Å². The smallest absolute Gasteiger partial charge is 0.265 e. The maximum Gasteiger partial charge on any atom is 0.265 e. The summed E-state index contributed by atoms with van der Waals surface area (Å²) in [6.07, 6.45) is 0. The lowest BCUT2D eigenvalue weighted by Gasteiger charge is -2.22. The van der Waals surface area contributed by atoms with Gasteiger partial charge in [-0.2, -0.15) is 0 Å². The van der Waals surface area contributed by atoms with Crippen molar-refractivity contribution in [3.05, 3.63) is 39.9 Å². The molecule has 0 spiro atoms. The van der Waals surface area contributed by atoms with Gasteiger partial charge in [0, 0.05) is 25.7 Å². The molecular weight excluding hydrogens is 330 g/mol. The van der Waals surface area contributed by atoms with Crippen LogP contribution in [0.5, 0.6) is 0 Å². The Balaban J connectivity index is 2.18. The highest BCUT2D eigenvalue weighted by Crippen LogP contribution is 2.31. The van der Waals surface area contributed by atoms with E-state index in [9.17, 15) is 4.79 Å². The van der Waals surface area contributed by atoms with Crippen molar-refractivity contribution in [1.82, 2.24) is 14.8 Å². The molecule has 2 aromatic rings. The minimum Gasteiger partial charge on any atom is -0.340 e. The molecular formula is C20H29N3OS. The average Bonchev–Trinajstić information content (AvgIpc) is 2.98. The van der Waals surface area contributed by atoms with Crippen molar-refractivity contribution in [1.29, 1.82) is 0 Å². The Kier molecular flexibility index (Phi) is 6.73. The largest absolute Gasteiger partial charge is 0.340 e. The van der Waals surface area contributed by atoms with Gasteiger partial charge in [-0.15, -0.1) is 11.3 Å². The number of carbonyl (C=O) groups excluding carboxylic acids is 1. The van der Waals surface area contributed by atoms with Crippen molar-refractivity contribution in [2.45, 2.75) is 34.6 Å². The van der Waals surface area contributed by atoms with E-state index in [2.05, 4.69) is 55.8 Å². The molecule has 0 radical (unpaired) electrons. The monoisotopic (exact) mass is 359 g/mol. The van der Waals surface area contributed by atoms with Gasteiger partial charge in [0.1, 0.15) is 9.88 Å². The highest BCUT2D eigenvalue weighted by molar-refractivity contribution is 7.17. The summed E-state index contributed by atoms with van der Waals surface area (Å²) >= 11 is 1.50. The molecule has 0 aliphatic rings. The Morgan fingerprint density at radius 1 is 1.12 bits per heavy atom. The van der Waals surface area contributed by atoms with Crippen LogP contribution in [0.3, 0.4) is 0 Å². The van der Waals surface area contributed by atoms with Crippen LogP contribution >= 0.6 is 11.3 Å². The molecule has 0 saturated heterocycles. The Labute approximate surface area is 155 Å². The Morgan fingerprint density at radius 3 is 2.44 bits per heavy atom. The molecule has 5 heteroatoms. The summed E-state index contributed by atoms with van der Waals surface area (Å²) in [5.74, 6) is 0.0683. The molecule has 2 rings (SSSR count). The summed E-state index contributed by atoms with van der Waals surface area (Å²) in [6, 6.07) is 6.36. The van der Waals surface area contributed by atoms with E-state index in [0.29, 0.717) is 0 Å². The number of benzene rings is 1. The number of carbonyl (C=O) groups is 1. The predicted octanol–water partition coefficient (Wildman–Crippen LogP) is 4.15. The van der Waals surface area contributed by atoms with Gasteiger partial charge in [-0.05, 0) is 45.5 Å². The minimum absolute atomic E-state index is 0.0683. The first-order chi connectivity index (χ1) is 11.9. The van der Waals surface area contributed by atoms with E-state index in [0.717, 1.165) is 47.3 Å². The van der Waals surface area contributed by atoms with Gasteiger partial charge in [0.05, 0.1) is 5.69 Å². The van der Waals surface area contributed by atoms with E-state index in [1.54, 1.807) is 0 Å². The van der Waals surface area contributed by atoms with Crippen molar-refractivity contribution in [2.24, 2.45) is 0 Å². The Hall–Kier alpha value is -1.72. The molecule has 0 saturated carbocycles. The minimum atomic E-state index is 0.0683. The Morgan fingerprint density at radius 2 is 1.80 bits per heavy atom. The van der Waals surface area contributed by atoms with Crippen LogP contribution in [0.25, 0.3) is 10.6 Å². The number of aryl methyl sites for hydroxylation is 3. The number of rotatable bonds is 7. The maximum atomic E-state index is 12.8. The van der Waals surface area contributed by atoms with Gasteiger partial charge in [0.15, 0.2) is 0 Å². The van der Waals surface area contributed by atoms with Gasteiger partial charge in [0.25, 0.3) is 5.91 Å².